The molecule has 5 heteroatoms. The fraction of sp³-hybridized carbons (Fsp3) is 0.375. The molecule has 1 saturated heterocycles. The number of amides is 2. The summed E-state index contributed by atoms with van der Waals surface area (Å²) in [7, 11) is 0. The molecule has 1 fully saturated rings. The monoisotopic (exact) mass is 288 g/mol. The number of hydrogen-bond donors (Lipinski definition) is 2. The van der Waals surface area contributed by atoms with E-state index in [-0.39, 0.29) is 17.9 Å². The molecule has 1 aliphatic heterocycles. The number of ether oxygens (including phenoxy) is 1. The minimum atomic E-state index is -0.591. The van der Waals surface area contributed by atoms with Crippen LogP contribution in [0.1, 0.15) is 19.4 Å². The van der Waals surface area contributed by atoms with Crippen LogP contribution < -0.4 is 10.6 Å². The second kappa shape index (κ2) is 7.04. The molecule has 2 amide bonds. The Balaban J connectivity index is 2.19. The largest absolute Gasteiger partial charge is 0.358 e. The summed E-state index contributed by atoms with van der Waals surface area (Å²) in [5.74, 6) is -0.466. The van der Waals surface area contributed by atoms with Crippen molar-refractivity contribution in [3.63, 3.8) is 0 Å². The zero-order valence-electron chi connectivity index (χ0n) is 12.2. The van der Waals surface area contributed by atoms with Crippen molar-refractivity contribution in [1.82, 2.24) is 10.6 Å². The molecule has 3 atom stereocenters. The molecule has 21 heavy (non-hydrogen) atoms. The maximum atomic E-state index is 11.9. The lowest BCUT2D eigenvalue weighted by atomic mass is 9.91. The van der Waals surface area contributed by atoms with Crippen molar-refractivity contribution in [2.45, 2.75) is 26.1 Å². The Morgan fingerprint density at radius 3 is 2.62 bits per heavy atom. The number of benzene rings is 1. The number of nitrogens with one attached hydrogen (secondary N) is 2. The Labute approximate surface area is 124 Å². The molecule has 2 rings (SSSR count). The molecule has 5 nitrogen and oxygen atoms in total. The number of carbonyl (C=O) groups is 2. The normalized spacial score (nSPS) is 25.4. The quantitative estimate of drug-likeness (QED) is 0.870. The predicted molar refractivity (Wildman–Crippen MR) is 80.5 cm³/mol. The lowest BCUT2D eigenvalue weighted by Crippen LogP contribution is -2.62. The van der Waals surface area contributed by atoms with E-state index in [0.29, 0.717) is 6.61 Å². The number of ketones is 1. The van der Waals surface area contributed by atoms with Gasteiger partial charge in [0.2, 0.25) is 0 Å². The minimum Gasteiger partial charge on any atom is -0.358 e. The Kier molecular flexibility index (Phi) is 5.11. The average molecular weight is 288 g/mol. The van der Waals surface area contributed by atoms with Gasteiger partial charge < -0.3 is 15.4 Å². The van der Waals surface area contributed by atoms with E-state index in [0.717, 1.165) is 5.56 Å². The van der Waals surface area contributed by atoms with Crippen molar-refractivity contribution in [2.75, 3.05) is 6.61 Å². The van der Waals surface area contributed by atoms with Crippen LogP contribution in [0, 0.1) is 5.92 Å². The first-order valence-corrected chi connectivity index (χ1v) is 7.04. The van der Waals surface area contributed by atoms with Gasteiger partial charge in [0.25, 0.3) is 0 Å². The summed E-state index contributed by atoms with van der Waals surface area (Å²) in [4.78, 5) is 23.6. The molecule has 1 aromatic carbocycles. The van der Waals surface area contributed by atoms with Gasteiger partial charge in [-0.15, -0.1) is 0 Å². The van der Waals surface area contributed by atoms with Crippen LogP contribution in [0.3, 0.4) is 0 Å². The molecule has 0 aliphatic carbocycles. The molecule has 1 aliphatic rings. The molecule has 0 aromatic heterocycles. The first-order valence-electron chi connectivity index (χ1n) is 7.04. The van der Waals surface area contributed by atoms with Crippen LogP contribution in [0.5, 0.6) is 0 Å². The Bertz CT molecular complexity index is 528. The van der Waals surface area contributed by atoms with Gasteiger partial charge in [-0.1, -0.05) is 42.5 Å². The summed E-state index contributed by atoms with van der Waals surface area (Å²) >= 11 is 0. The molecule has 0 bridgehead atoms. The van der Waals surface area contributed by atoms with Crippen LogP contribution in [0.2, 0.25) is 0 Å². The first-order chi connectivity index (χ1) is 10.1. The smallest absolute Gasteiger partial charge is 0.317 e. The van der Waals surface area contributed by atoms with Crippen molar-refractivity contribution in [3.8, 4) is 0 Å². The zero-order valence-corrected chi connectivity index (χ0v) is 12.2. The van der Waals surface area contributed by atoms with Gasteiger partial charge in [-0.2, -0.15) is 0 Å². The van der Waals surface area contributed by atoms with Crippen LogP contribution in [0.4, 0.5) is 4.79 Å². The van der Waals surface area contributed by atoms with Gasteiger partial charge >= 0.3 is 6.03 Å². The van der Waals surface area contributed by atoms with Gasteiger partial charge in [0.15, 0.2) is 0 Å². The topological polar surface area (TPSA) is 67.4 Å². The highest BCUT2D eigenvalue weighted by atomic mass is 16.5. The van der Waals surface area contributed by atoms with Gasteiger partial charge in [-0.3, -0.25) is 4.79 Å². The summed E-state index contributed by atoms with van der Waals surface area (Å²) in [6, 6.07) is 9.03. The molecule has 1 aromatic rings. The molecule has 3 unspecified atom stereocenters. The minimum absolute atomic E-state index is 0.0244. The summed E-state index contributed by atoms with van der Waals surface area (Å²) in [5.41, 5.74) is 1.01. The molecular formula is C16H20N2O3. The highest BCUT2D eigenvalue weighted by molar-refractivity contribution is 5.85. The zero-order chi connectivity index (χ0) is 15.2. The second-order valence-corrected chi connectivity index (χ2v) is 4.93. The number of carbonyl (C=O) groups excluding carboxylic acids is 2. The molecule has 0 spiro atoms. The summed E-state index contributed by atoms with van der Waals surface area (Å²) in [6.07, 6.45) is 3.15. The highest BCUT2D eigenvalue weighted by Crippen LogP contribution is 2.18. The van der Waals surface area contributed by atoms with Gasteiger partial charge in [0.05, 0.1) is 12.0 Å². The standard InChI is InChI=1S/C16H20N2O3/c1-3-21-15-14(11(2)19)13(17-16(20)18-15)10-9-12-7-5-4-6-8-12/h4-10,13-15H,3H2,1-2H3,(H2,17,18,20)/b10-9+. The summed E-state index contributed by atoms with van der Waals surface area (Å²) in [6.45, 7) is 3.78. The third-order valence-corrected chi connectivity index (χ3v) is 3.40. The summed E-state index contributed by atoms with van der Waals surface area (Å²) < 4.78 is 5.48. The third kappa shape index (κ3) is 3.92. The number of Topliss-reactive ketones (excluding diaryl/α,β-unsaturated/α-hetero) is 1. The number of urea groups is 1. The SMILES string of the molecule is CCOC1NC(=O)NC(/C=C/c2ccccc2)C1C(C)=O. The molecular weight excluding hydrogens is 268 g/mol. The van der Waals surface area contributed by atoms with Crippen LogP contribution in [0.25, 0.3) is 6.08 Å². The number of hydrogen-bond acceptors (Lipinski definition) is 3. The van der Waals surface area contributed by atoms with E-state index in [9.17, 15) is 9.59 Å². The maximum absolute atomic E-state index is 11.9. The lowest BCUT2D eigenvalue weighted by Gasteiger charge is -2.36. The van der Waals surface area contributed by atoms with Crippen molar-refractivity contribution in [2.24, 2.45) is 5.92 Å². The van der Waals surface area contributed by atoms with Gasteiger partial charge in [-0.25, -0.2) is 4.79 Å². The molecule has 112 valence electrons. The van der Waals surface area contributed by atoms with Crippen molar-refractivity contribution >= 4 is 17.9 Å². The van der Waals surface area contributed by atoms with E-state index < -0.39 is 12.1 Å². The van der Waals surface area contributed by atoms with E-state index in [4.69, 9.17) is 4.74 Å². The van der Waals surface area contributed by atoms with Crippen LogP contribution >= 0.6 is 0 Å². The fourth-order valence-electron chi connectivity index (χ4n) is 2.43. The fourth-order valence-corrected chi connectivity index (χ4v) is 2.43. The van der Waals surface area contributed by atoms with Crippen molar-refractivity contribution in [1.29, 1.82) is 0 Å². The van der Waals surface area contributed by atoms with Crippen LogP contribution in [-0.2, 0) is 9.53 Å². The van der Waals surface area contributed by atoms with Crippen molar-refractivity contribution < 1.29 is 14.3 Å². The van der Waals surface area contributed by atoms with Gasteiger partial charge in [0, 0.05) is 6.61 Å². The second-order valence-electron chi connectivity index (χ2n) is 4.93. The molecule has 0 saturated carbocycles. The Hall–Kier alpha value is -2.14. The van der Waals surface area contributed by atoms with Crippen LogP contribution in [-0.4, -0.2) is 30.7 Å². The average Bonchev–Trinajstić information content (AvgIpc) is 2.45. The summed E-state index contributed by atoms with van der Waals surface area (Å²) in [5, 5.41) is 5.42. The van der Waals surface area contributed by atoms with E-state index in [2.05, 4.69) is 10.6 Å². The van der Waals surface area contributed by atoms with Gasteiger partial charge in [0.1, 0.15) is 12.0 Å². The van der Waals surface area contributed by atoms with Gasteiger partial charge in [-0.05, 0) is 19.4 Å². The predicted octanol–water partition coefficient (Wildman–Crippen LogP) is 1.95. The molecule has 1 heterocycles. The van der Waals surface area contributed by atoms with Crippen LogP contribution in [0.15, 0.2) is 36.4 Å². The Morgan fingerprint density at radius 1 is 1.29 bits per heavy atom. The molecule has 2 N–H and O–H groups in total. The maximum Gasteiger partial charge on any atom is 0.317 e. The third-order valence-electron chi connectivity index (χ3n) is 3.40. The van der Waals surface area contributed by atoms with Crippen molar-refractivity contribution in [3.05, 3.63) is 42.0 Å². The van der Waals surface area contributed by atoms with E-state index in [1.165, 1.54) is 6.92 Å². The van der Waals surface area contributed by atoms with E-state index >= 15 is 0 Å². The van der Waals surface area contributed by atoms with E-state index in [1.807, 2.05) is 49.4 Å². The highest BCUT2D eigenvalue weighted by Gasteiger charge is 2.38. The number of rotatable bonds is 5. The first kappa shape index (κ1) is 15.3. The Morgan fingerprint density at radius 2 is 2.00 bits per heavy atom. The van der Waals surface area contributed by atoms with E-state index in [1.54, 1.807) is 0 Å². The molecule has 0 radical (unpaired) electrons. The lowest BCUT2D eigenvalue weighted by molar-refractivity contribution is -0.128.